The van der Waals surface area contributed by atoms with Crippen molar-refractivity contribution in [1.82, 2.24) is 9.55 Å². The van der Waals surface area contributed by atoms with E-state index in [2.05, 4.69) is 22.5 Å². The molecule has 1 aromatic heterocycles. The van der Waals surface area contributed by atoms with Crippen LogP contribution in [0.1, 0.15) is 38.4 Å². The van der Waals surface area contributed by atoms with Gasteiger partial charge in [-0.05, 0) is 30.9 Å². The first-order valence-electron chi connectivity index (χ1n) is 7.58. The number of ketones is 1. The number of nitrogens with zero attached hydrogens (tertiary/aromatic N) is 2. The minimum absolute atomic E-state index is 0.256. The summed E-state index contributed by atoms with van der Waals surface area (Å²) in [6.45, 7) is 2.28. The molecule has 3 nitrogen and oxygen atoms in total. The van der Waals surface area contributed by atoms with E-state index in [9.17, 15) is 4.79 Å². The van der Waals surface area contributed by atoms with Crippen molar-refractivity contribution in [2.45, 2.75) is 39.0 Å². The molecule has 0 bridgehead atoms. The molecule has 0 atom stereocenters. The van der Waals surface area contributed by atoms with E-state index in [0.29, 0.717) is 12.2 Å². The van der Waals surface area contributed by atoms with E-state index >= 15 is 0 Å². The number of carbonyl (C=O) groups is 1. The Labute approximate surface area is 120 Å². The zero-order valence-corrected chi connectivity index (χ0v) is 12.3. The number of fused-ring (bicyclic) bond motifs is 1. The van der Waals surface area contributed by atoms with Gasteiger partial charge in [0.25, 0.3) is 0 Å². The minimum atomic E-state index is 0.256. The van der Waals surface area contributed by atoms with E-state index in [-0.39, 0.29) is 5.92 Å². The number of aromatic nitrogens is 2. The predicted octanol–water partition coefficient (Wildman–Crippen LogP) is 3.51. The first-order chi connectivity index (χ1) is 9.65. The Balaban J connectivity index is 1.76. The Kier molecular flexibility index (Phi) is 3.60. The van der Waals surface area contributed by atoms with E-state index in [1.54, 1.807) is 0 Å². The van der Waals surface area contributed by atoms with Crippen molar-refractivity contribution >= 4 is 16.8 Å². The van der Waals surface area contributed by atoms with Crippen LogP contribution in [-0.4, -0.2) is 15.3 Å². The van der Waals surface area contributed by atoms with Crippen molar-refractivity contribution in [3.05, 3.63) is 30.1 Å². The minimum Gasteiger partial charge on any atom is -0.331 e. The van der Waals surface area contributed by atoms with Crippen LogP contribution in [0, 0.1) is 11.8 Å². The lowest BCUT2D eigenvalue weighted by Crippen LogP contribution is -2.23. The fourth-order valence-corrected chi connectivity index (χ4v) is 3.24. The molecule has 2 aromatic rings. The molecular weight excluding hydrogens is 248 g/mol. The Hall–Kier alpha value is -1.64. The van der Waals surface area contributed by atoms with Gasteiger partial charge in [0.05, 0.1) is 17.5 Å². The summed E-state index contributed by atoms with van der Waals surface area (Å²) in [5, 5.41) is 0. The molecule has 0 aliphatic heterocycles. The average Bonchev–Trinajstić information content (AvgIpc) is 2.77. The zero-order chi connectivity index (χ0) is 14.1. The van der Waals surface area contributed by atoms with Crippen molar-refractivity contribution in [3.8, 4) is 0 Å². The summed E-state index contributed by atoms with van der Waals surface area (Å²) in [6, 6.07) is 8.06. The van der Waals surface area contributed by atoms with Gasteiger partial charge in [-0.2, -0.15) is 0 Å². The molecule has 0 unspecified atom stereocenters. The van der Waals surface area contributed by atoms with Gasteiger partial charge in [-0.25, -0.2) is 4.98 Å². The van der Waals surface area contributed by atoms with Gasteiger partial charge in [0.15, 0.2) is 0 Å². The van der Waals surface area contributed by atoms with Gasteiger partial charge in [0, 0.05) is 13.0 Å². The number of hydrogen-bond donors (Lipinski definition) is 0. The highest BCUT2D eigenvalue weighted by Crippen LogP contribution is 2.29. The van der Waals surface area contributed by atoms with E-state index in [1.807, 2.05) is 25.2 Å². The lowest BCUT2D eigenvalue weighted by Gasteiger charge is -2.24. The summed E-state index contributed by atoms with van der Waals surface area (Å²) in [5.41, 5.74) is 2.09. The van der Waals surface area contributed by atoms with Crippen molar-refractivity contribution in [1.29, 1.82) is 0 Å². The molecule has 1 aromatic carbocycles. The maximum atomic E-state index is 12.4. The Bertz CT molecular complexity index is 621. The molecule has 1 aliphatic rings. The monoisotopic (exact) mass is 270 g/mol. The van der Waals surface area contributed by atoms with Crippen molar-refractivity contribution in [2.75, 3.05) is 0 Å². The van der Waals surface area contributed by atoms with Gasteiger partial charge >= 0.3 is 0 Å². The standard InChI is InChI=1S/C17H22N2O/c1-12-7-9-13(10-8-12)16(20)11-17-18-14-5-3-4-6-15(14)19(17)2/h3-6,12-13H,7-11H2,1-2H3. The SMILES string of the molecule is CC1CCC(C(=O)Cc2nc3ccccc3n2C)CC1. The molecule has 1 fully saturated rings. The van der Waals surface area contributed by atoms with Crippen LogP contribution in [0.3, 0.4) is 0 Å². The van der Waals surface area contributed by atoms with Crippen LogP contribution < -0.4 is 0 Å². The normalized spacial score (nSPS) is 23.1. The molecule has 3 heteroatoms. The first kappa shape index (κ1) is 13.3. The molecule has 20 heavy (non-hydrogen) atoms. The van der Waals surface area contributed by atoms with Crippen LogP contribution in [0.25, 0.3) is 11.0 Å². The number of imidazole rings is 1. The van der Waals surface area contributed by atoms with Crippen LogP contribution >= 0.6 is 0 Å². The second kappa shape index (κ2) is 5.39. The Morgan fingerprint density at radius 2 is 1.95 bits per heavy atom. The van der Waals surface area contributed by atoms with Crippen molar-refractivity contribution in [2.24, 2.45) is 18.9 Å². The highest BCUT2D eigenvalue weighted by Gasteiger charge is 2.25. The summed E-state index contributed by atoms with van der Waals surface area (Å²) in [7, 11) is 2.00. The maximum Gasteiger partial charge on any atom is 0.143 e. The van der Waals surface area contributed by atoms with Gasteiger partial charge in [-0.15, -0.1) is 0 Å². The highest BCUT2D eigenvalue weighted by molar-refractivity contribution is 5.84. The number of benzene rings is 1. The van der Waals surface area contributed by atoms with Crippen LogP contribution in [0.4, 0.5) is 0 Å². The molecule has 0 saturated heterocycles. The Morgan fingerprint density at radius 3 is 2.65 bits per heavy atom. The molecule has 0 N–H and O–H groups in total. The molecular formula is C17H22N2O. The number of rotatable bonds is 3. The van der Waals surface area contributed by atoms with Crippen LogP contribution in [0.15, 0.2) is 24.3 Å². The molecule has 0 spiro atoms. The van der Waals surface area contributed by atoms with E-state index in [4.69, 9.17) is 0 Å². The topological polar surface area (TPSA) is 34.9 Å². The third kappa shape index (κ3) is 2.49. The highest BCUT2D eigenvalue weighted by atomic mass is 16.1. The molecule has 3 rings (SSSR count). The van der Waals surface area contributed by atoms with Crippen LogP contribution in [0.2, 0.25) is 0 Å². The number of carbonyl (C=O) groups excluding carboxylic acids is 1. The zero-order valence-electron chi connectivity index (χ0n) is 12.3. The summed E-state index contributed by atoms with van der Waals surface area (Å²) in [5.74, 6) is 2.31. The van der Waals surface area contributed by atoms with E-state index in [1.165, 1.54) is 12.8 Å². The predicted molar refractivity (Wildman–Crippen MR) is 80.5 cm³/mol. The number of para-hydroxylation sites is 2. The molecule has 0 radical (unpaired) electrons. The van der Waals surface area contributed by atoms with Crippen LogP contribution in [-0.2, 0) is 18.3 Å². The third-order valence-corrected chi connectivity index (χ3v) is 4.68. The van der Waals surface area contributed by atoms with Crippen LogP contribution in [0.5, 0.6) is 0 Å². The number of aryl methyl sites for hydroxylation is 1. The van der Waals surface area contributed by atoms with Gasteiger partial charge in [-0.1, -0.05) is 31.9 Å². The smallest absolute Gasteiger partial charge is 0.143 e. The van der Waals surface area contributed by atoms with Gasteiger partial charge in [0.2, 0.25) is 0 Å². The average molecular weight is 270 g/mol. The second-order valence-corrected chi connectivity index (χ2v) is 6.18. The largest absolute Gasteiger partial charge is 0.331 e. The quantitative estimate of drug-likeness (QED) is 0.855. The summed E-state index contributed by atoms with van der Waals surface area (Å²) >= 11 is 0. The molecule has 1 heterocycles. The second-order valence-electron chi connectivity index (χ2n) is 6.18. The summed E-state index contributed by atoms with van der Waals surface area (Å²) in [4.78, 5) is 17.1. The molecule has 0 amide bonds. The van der Waals surface area contributed by atoms with Gasteiger partial charge < -0.3 is 4.57 Å². The van der Waals surface area contributed by atoms with E-state index in [0.717, 1.165) is 35.6 Å². The fourth-order valence-electron chi connectivity index (χ4n) is 3.24. The van der Waals surface area contributed by atoms with Gasteiger partial charge in [-0.3, -0.25) is 4.79 Å². The molecule has 1 saturated carbocycles. The number of Topliss-reactive ketones (excluding diaryl/α,β-unsaturated/α-hetero) is 1. The van der Waals surface area contributed by atoms with Crippen molar-refractivity contribution in [3.63, 3.8) is 0 Å². The Morgan fingerprint density at radius 1 is 1.25 bits per heavy atom. The lowest BCUT2D eigenvalue weighted by atomic mass is 9.80. The summed E-state index contributed by atoms with van der Waals surface area (Å²) < 4.78 is 2.05. The van der Waals surface area contributed by atoms with E-state index < -0.39 is 0 Å². The summed E-state index contributed by atoms with van der Waals surface area (Å²) in [6.07, 6.45) is 4.98. The first-order valence-corrected chi connectivity index (χ1v) is 7.58. The van der Waals surface area contributed by atoms with Gasteiger partial charge in [0.1, 0.15) is 11.6 Å². The lowest BCUT2D eigenvalue weighted by molar-refractivity contribution is -0.123. The maximum absolute atomic E-state index is 12.4. The molecule has 106 valence electrons. The third-order valence-electron chi connectivity index (χ3n) is 4.68. The fraction of sp³-hybridized carbons (Fsp3) is 0.529. The molecule has 1 aliphatic carbocycles. The number of hydrogen-bond acceptors (Lipinski definition) is 2. The van der Waals surface area contributed by atoms with Crippen molar-refractivity contribution < 1.29 is 4.79 Å².